The number of hydrogen-bond donors (Lipinski definition) is 1. The Morgan fingerprint density at radius 3 is 3.00 bits per heavy atom. The summed E-state index contributed by atoms with van der Waals surface area (Å²) in [5, 5.41) is 2.89. The van der Waals surface area contributed by atoms with Crippen molar-refractivity contribution < 1.29 is 14.3 Å². The molecule has 0 aromatic rings. The van der Waals surface area contributed by atoms with Gasteiger partial charge in [-0.05, 0) is 13.0 Å². The van der Waals surface area contributed by atoms with Gasteiger partial charge in [0.1, 0.15) is 5.92 Å². The SMILES string of the molecule is COC(=O)[C@H]1CCNCC1=O. The summed E-state index contributed by atoms with van der Waals surface area (Å²) in [7, 11) is 1.30. The maximum atomic E-state index is 11.0. The lowest BCUT2D eigenvalue weighted by Gasteiger charge is -2.18. The van der Waals surface area contributed by atoms with Crippen molar-refractivity contribution in [2.75, 3.05) is 20.2 Å². The molecule has 1 N–H and O–H groups in total. The third kappa shape index (κ3) is 1.77. The molecule has 4 heteroatoms. The van der Waals surface area contributed by atoms with Crippen molar-refractivity contribution in [1.29, 1.82) is 0 Å². The van der Waals surface area contributed by atoms with Gasteiger partial charge in [-0.3, -0.25) is 9.59 Å². The fourth-order valence-electron chi connectivity index (χ4n) is 1.13. The first-order chi connectivity index (χ1) is 5.25. The van der Waals surface area contributed by atoms with E-state index in [4.69, 9.17) is 0 Å². The molecule has 0 radical (unpaired) electrons. The molecule has 0 amide bonds. The zero-order chi connectivity index (χ0) is 8.27. The summed E-state index contributed by atoms with van der Waals surface area (Å²) in [6.45, 7) is 1.01. The van der Waals surface area contributed by atoms with E-state index in [2.05, 4.69) is 10.1 Å². The summed E-state index contributed by atoms with van der Waals surface area (Å²) in [4.78, 5) is 21.9. The minimum Gasteiger partial charge on any atom is -0.468 e. The first-order valence-electron chi connectivity index (χ1n) is 3.57. The summed E-state index contributed by atoms with van der Waals surface area (Å²) in [6, 6.07) is 0. The lowest BCUT2D eigenvalue weighted by molar-refractivity contribution is -0.150. The summed E-state index contributed by atoms with van der Waals surface area (Å²) >= 11 is 0. The second kappa shape index (κ2) is 3.48. The van der Waals surface area contributed by atoms with Crippen molar-refractivity contribution in [3.05, 3.63) is 0 Å². The first kappa shape index (κ1) is 8.20. The van der Waals surface area contributed by atoms with Crippen molar-refractivity contribution in [2.24, 2.45) is 5.92 Å². The molecule has 0 aromatic heterocycles. The fourth-order valence-corrected chi connectivity index (χ4v) is 1.13. The Hall–Kier alpha value is -0.900. The van der Waals surface area contributed by atoms with Crippen LogP contribution in [0.2, 0.25) is 0 Å². The van der Waals surface area contributed by atoms with Crippen LogP contribution >= 0.6 is 0 Å². The number of carbonyl (C=O) groups excluding carboxylic acids is 2. The Balaban J connectivity index is 2.54. The number of ketones is 1. The van der Waals surface area contributed by atoms with Gasteiger partial charge >= 0.3 is 5.97 Å². The number of piperidine rings is 1. The number of ether oxygens (including phenoxy) is 1. The molecule has 0 bridgehead atoms. The van der Waals surface area contributed by atoms with Crippen LogP contribution in [0.5, 0.6) is 0 Å². The second-order valence-corrected chi connectivity index (χ2v) is 2.51. The molecule has 1 heterocycles. The van der Waals surface area contributed by atoms with E-state index in [0.29, 0.717) is 19.5 Å². The van der Waals surface area contributed by atoms with Crippen LogP contribution in [0.3, 0.4) is 0 Å². The third-order valence-electron chi connectivity index (χ3n) is 1.78. The summed E-state index contributed by atoms with van der Waals surface area (Å²) in [6.07, 6.45) is 0.561. The molecule has 0 saturated carbocycles. The number of hydrogen-bond acceptors (Lipinski definition) is 4. The average Bonchev–Trinajstić information content (AvgIpc) is 2.04. The van der Waals surface area contributed by atoms with Crippen molar-refractivity contribution in [2.45, 2.75) is 6.42 Å². The van der Waals surface area contributed by atoms with E-state index in [0.717, 1.165) is 0 Å². The molecule has 0 aliphatic carbocycles. The molecule has 62 valence electrons. The zero-order valence-corrected chi connectivity index (χ0v) is 6.42. The van der Waals surface area contributed by atoms with Gasteiger partial charge in [-0.15, -0.1) is 0 Å². The van der Waals surface area contributed by atoms with Crippen molar-refractivity contribution >= 4 is 11.8 Å². The maximum absolute atomic E-state index is 11.0. The predicted molar refractivity (Wildman–Crippen MR) is 38.0 cm³/mol. The Morgan fingerprint density at radius 2 is 2.45 bits per heavy atom. The first-order valence-corrected chi connectivity index (χ1v) is 3.57. The number of Topliss-reactive ketones (excluding diaryl/α,β-unsaturated/α-hetero) is 1. The number of nitrogens with one attached hydrogen (secondary N) is 1. The third-order valence-corrected chi connectivity index (χ3v) is 1.78. The van der Waals surface area contributed by atoms with Gasteiger partial charge in [0, 0.05) is 0 Å². The van der Waals surface area contributed by atoms with Crippen LogP contribution < -0.4 is 5.32 Å². The van der Waals surface area contributed by atoms with E-state index < -0.39 is 11.9 Å². The lowest BCUT2D eigenvalue weighted by Crippen LogP contribution is -2.40. The molecular weight excluding hydrogens is 146 g/mol. The van der Waals surface area contributed by atoms with E-state index >= 15 is 0 Å². The second-order valence-electron chi connectivity index (χ2n) is 2.51. The summed E-state index contributed by atoms with van der Waals surface area (Å²) in [5.41, 5.74) is 0. The van der Waals surface area contributed by atoms with Crippen LogP contribution in [0.1, 0.15) is 6.42 Å². The molecule has 1 fully saturated rings. The molecule has 1 aliphatic rings. The van der Waals surface area contributed by atoms with Crippen LogP contribution in [0, 0.1) is 5.92 Å². The maximum Gasteiger partial charge on any atom is 0.316 e. The molecule has 1 saturated heterocycles. The van der Waals surface area contributed by atoms with E-state index in [-0.39, 0.29) is 5.78 Å². The van der Waals surface area contributed by atoms with Crippen LogP contribution in [0.25, 0.3) is 0 Å². The molecule has 0 spiro atoms. The standard InChI is InChI=1S/C7H11NO3/c1-11-7(10)5-2-3-8-4-6(5)9/h5,8H,2-4H2,1H3/t5-/m0/s1. The van der Waals surface area contributed by atoms with Crippen molar-refractivity contribution in [3.8, 4) is 0 Å². The number of methoxy groups -OCH3 is 1. The highest BCUT2D eigenvalue weighted by molar-refractivity contribution is 6.00. The molecule has 1 atom stereocenters. The van der Waals surface area contributed by atoms with Gasteiger partial charge in [-0.2, -0.15) is 0 Å². The van der Waals surface area contributed by atoms with Crippen LogP contribution in [0.4, 0.5) is 0 Å². The number of esters is 1. The van der Waals surface area contributed by atoms with Gasteiger partial charge in [0.15, 0.2) is 5.78 Å². The molecule has 1 aliphatic heterocycles. The van der Waals surface area contributed by atoms with Crippen LogP contribution in [-0.2, 0) is 14.3 Å². The Kier molecular flexibility index (Phi) is 2.59. The van der Waals surface area contributed by atoms with Crippen molar-refractivity contribution in [1.82, 2.24) is 5.32 Å². The fraction of sp³-hybridized carbons (Fsp3) is 0.714. The quantitative estimate of drug-likeness (QED) is 0.405. The average molecular weight is 157 g/mol. The van der Waals surface area contributed by atoms with Gasteiger partial charge in [-0.25, -0.2) is 0 Å². The van der Waals surface area contributed by atoms with E-state index in [1.165, 1.54) is 7.11 Å². The minimum atomic E-state index is -0.527. The number of rotatable bonds is 1. The normalized spacial score (nSPS) is 24.8. The van der Waals surface area contributed by atoms with E-state index in [9.17, 15) is 9.59 Å². The summed E-state index contributed by atoms with van der Waals surface area (Å²) in [5.74, 6) is -0.999. The largest absolute Gasteiger partial charge is 0.468 e. The highest BCUT2D eigenvalue weighted by Gasteiger charge is 2.29. The van der Waals surface area contributed by atoms with E-state index in [1.54, 1.807) is 0 Å². The Bertz CT molecular complexity index is 171. The molecule has 0 unspecified atom stereocenters. The van der Waals surface area contributed by atoms with Crippen molar-refractivity contribution in [3.63, 3.8) is 0 Å². The molecule has 4 nitrogen and oxygen atoms in total. The molecular formula is C7H11NO3. The topological polar surface area (TPSA) is 55.4 Å². The summed E-state index contributed by atoms with van der Waals surface area (Å²) < 4.78 is 4.47. The van der Waals surface area contributed by atoms with E-state index in [1.807, 2.05) is 0 Å². The smallest absolute Gasteiger partial charge is 0.316 e. The van der Waals surface area contributed by atoms with Gasteiger partial charge in [-0.1, -0.05) is 0 Å². The van der Waals surface area contributed by atoms with Gasteiger partial charge in [0.05, 0.1) is 13.7 Å². The Labute approximate surface area is 64.9 Å². The highest BCUT2D eigenvalue weighted by atomic mass is 16.5. The Morgan fingerprint density at radius 1 is 1.73 bits per heavy atom. The zero-order valence-electron chi connectivity index (χ0n) is 6.42. The van der Waals surface area contributed by atoms with Gasteiger partial charge < -0.3 is 10.1 Å². The molecule has 1 rings (SSSR count). The highest BCUT2D eigenvalue weighted by Crippen LogP contribution is 2.09. The van der Waals surface area contributed by atoms with Gasteiger partial charge in [0.2, 0.25) is 0 Å². The van der Waals surface area contributed by atoms with Crippen LogP contribution in [0.15, 0.2) is 0 Å². The monoisotopic (exact) mass is 157 g/mol. The number of carbonyl (C=O) groups is 2. The molecule has 11 heavy (non-hydrogen) atoms. The predicted octanol–water partition coefficient (Wildman–Crippen LogP) is -0.662. The molecule has 0 aromatic carbocycles. The van der Waals surface area contributed by atoms with Crippen LogP contribution in [-0.4, -0.2) is 32.0 Å². The lowest BCUT2D eigenvalue weighted by atomic mass is 9.97. The minimum absolute atomic E-state index is 0.0666. The van der Waals surface area contributed by atoms with Gasteiger partial charge in [0.25, 0.3) is 0 Å².